The van der Waals surface area contributed by atoms with Crippen LogP contribution in [-0.2, 0) is 6.54 Å². The molecule has 0 radical (unpaired) electrons. The summed E-state index contributed by atoms with van der Waals surface area (Å²) in [5.74, 6) is 1.38. The molecule has 2 aromatic heterocycles. The van der Waals surface area contributed by atoms with E-state index in [4.69, 9.17) is 4.74 Å². The van der Waals surface area contributed by atoms with Crippen LogP contribution in [0.1, 0.15) is 11.1 Å². The number of nitrogens with one attached hydrogen (secondary N) is 1. The maximum atomic E-state index is 5.06. The van der Waals surface area contributed by atoms with Crippen molar-refractivity contribution in [3.8, 4) is 5.88 Å². The van der Waals surface area contributed by atoms with Gasteiger partial charge in [0.2, 0.25) is 5.88 Å². The minimum atomic E-state index is 0.611. The Balaban J connectivity index is 2.02. The molecule has 0 fully saturated rings. The van der Waals surface area contributed by atoms with E-state index in [9.17, 15) is 0 Å². The van der Waals surface area contributed by atoms with Crippen molar-refractivity contribution in [2.24, 2.45) is 0 Å². The summed E-state index contributed by atoms with van der Waals surface area (Å²) in [7, 11) is 1.60. The molecule has 2 aromatic rings. The van der Waals surface area contributed by atoms with Crippen LogP contribution in [0.5, 0.6) is 5.88 Å². The third kappa shape index (κ3) is 3.14. The predicted octanol–water partition coefficient (Wildman–Crippen LogP) is 1.80. The van der Waals surface area contributed by atoms with Crippen LogP contribution in [0.2, 0.25) is 0 Å². The first kappa shape index (κ1) is 11.3. The summed E-state index contributed by atoms with van der Waals surface area (Å²) in [6, 6.07) is 5.76. The average Bonchev–Trinajstić information content (AvgIpc) is 2.37. The Morgan fingerprint density at radius 3 is 3.00 bits per heavy atom. The van der Waals surface area contributed by atoms with Crippen LogP contribution in [0.3, 0.4) is 0 Å². The summed E-state index contributed by atoms with van der Waals surface area (Å²) in [4.78, 5) is 4.05. The third-order valence-corrected chi connectivity index (χ3v) is 2.27. The molecule has 5 heteroatoms. The SMILES string of the molecule is COc1cc(CNc2cc(C)cnn2)ccn1. The van der Waals surface area contributed by atoms with Crippen molar-refractivity contribution in [1.82, 2.24) is 15.2 Å². The lowest BCUT2D eigenvalue weighted by molar-refractivity contribution is 0.397. The van der Waals surface area contributed by atoms with E-state index in [2.05, 4.69) is 20.5 Å². The zero-order valence-electron chi connectivity index (χ0n) is 9.84. The second-order valence-corrected chi connectivity index (χ2v) is 3.68. The summed E-state index contributed by atoms with van der Waals surface area (Å²) < 4.78 is 5.06. The van der Waals surface area contributed by atoms with Gasteiger partial charge in [0.05, 0.1) is 13.3 Å². The molecule has 1 N–H and O–H groups in total. The first-order chi connectivity index (χ1) is 8.28. The van der Waals surface area contributed by atoms with E-state index in [-0.39, 0.29) is 0 Å². The smallest absolute Gasteiger partial charge is 0.213 e. The highest BCUT2D eigenvalue weighted by Gasteiger charge is 1.98. The van der Waals surface area contributed by atoms with Crippen molar-refractivity contribution in [3.05, 3.63) is 41.7 Å². The molecule has 2 rings (SSSR count). The Morgan fingerprint density at radius 2 is 2.24 bits per heavy atom. The van der Waals surface area contributed by atoms with Crippen LogP contribution < -0.4 is 10.1 Å². The number of methoxy groups -OCH3 is 1. The van der Waals surface area contributed by atoms with Crippen molar-refractivity contribution in [1.29, 1.82) is 0 Å². The summed E-state index contributed by atoms with van der Waals surface area (Å²) in [5, 5.41) is 11.1. The van der Waals surface area contributed by atoms with Gasteiger partial charge in [-0.15, -0.1) is 5.10 Å². The third-order valence-electron chi connectivity index (χ3n) is 2.27. The molecule has 0 unspecified atom stereocenters. The quantitative estimate of drug-likeness (QED) is 0.867. The fraction of sp³-hybridized carbons (Fsp3) is 0.250. The minimum absolute atomic E-state index is 0.611. The molecule has 88 valence electrons. The van der Waals surface area contributed by atoms with Gasteiger partial charge in [0.1, 0.15) is 5.82 Å². The molecule has 0 amide bonds. The highest BCUT2D eigenvalue weighted by atomic mass is 16.5. The average molecular weight is 230 g/mol. The summed E-state index contributed by atoms with van der Waals surface area (Å²) in [6.45, 7) is 2.65. The second kappa shape index (κ2) is 5.25. The highest BCUT2D eigenvalue weighted by Crippen LogP contribution is 2.10. The molecular weight excluding hydrogens is 216 g/mol. The van der Waals surface area contributed by atoms with Gasteiger partial charge in [-0.25, -0.2) is 4.98 Å². The van der Waals surface area contributed by atoms with Gasteiger partial charge < -0.3 is 10.1 Å². The molecule has 0 aliphatic carbocycles. The molecule has 0 aliphatic heterocycles. The Bertz CT molecular complexity index is 501. The van der Waals surface area contributed by atoms with Crippen molar-refractivity contribution < 1.29 is 4.74 Å². The lowest BCUT2D eigenvalue weighted by atomic mass is 10.2. The Morgan fingerprint density at radius 1 is 1.35 bits per heavy atom. The van der Waals surface area contributed by atoms with Crippen molar-refractivity contribution >= 4 is 5.82 Å². The lowest BCUT2D eigenvalue weighted by Crippen LogP contribution is -2.03. The zero-order chi connectivity index (χ0) is 12.1. The fourth-order valence-corrected chi connectivity index (χ4v) is 1.41. The van der Waals surface area contributed by atoms with E-state index in [0.717, 1.165) is 16.9 Å². The summed E-state index contributed by atoms with van der Waals surface area (Å²) >= 11 is 0. The largest absolute Gasteiger partial charge is 0.481 e. The zero-order valence-corrected chi connectivity index (χ0v) is 9.84. The minimum Gasteiger partial charge on any atom is -0.481 e. The van der Waals surface area contributed by atoms with E-state index in [0.29, 0.717) is 12.4 Å². The van der Waals surface area contributed by atoms with E-state index in [1.165, 1.54) is 0 Å². The molecular formula is C12H14N4O. The maximum Gasteiger partial charge on any atom is 0.213 e. The molecule has 0 aromatic carbocycles. The Labute approximate surface area is 99.9 Å². The van der Waals surface area contributed by atoms with Gasteiger partial charge in [0.15, 0.2) is 0 Å². The number of nitrogens with zero attached hydrogens (tertiary/aromatic N) is 3. The van der Waals surface area contributed by atoms with Gasteiger partial charge in [-0.2, -0.15) is 5.10 Å². The number of hydrogen-bond acceptors (Lipinski definition) is 5. The van der Waals surface area contributed by atoms with E-state index >= 15 is 0 Å². The van der Waals surface area contributed by atoms with Gasteiger partial charge in [-0.1, -0.05) is 0 Å². The number of rotatable bonds is 4. The standard InChI is InChI=1S/C12H14N4O/c1-9-5-11(16-15-7-9)14-8-10-3-4-13-12(6-10)17-2/h3-7H,8H2,1-2H3,(H,14,16). The summed E-state index contributed by atoms with van der Waals surface area (Å²) in [5.41, 5.74) is 2.16. The number of anilines is 1. The second-order valence-electron chi connectivity index (χ2n) is 3.68. The molecule has 17 heavy (non-hydrogen) atoms. The van der Waals surface area contributed by atoms with E-state index in [1.54, 1.807) is 19.5 Å². The topological polar surface area (TPSA) is 59.9 Å². The van der Waals surface area contributed by atoms with Crippen LogP contribution in [0.4, 0.5) is 5.82 Å². The summed E-state index contributed by atoms with van der Waals surface area (Å²) in [6.07, 6.45) is 3.44. The highest BCUT2D eigenvalue weighted by molar-refractivity contribution is 5.36. The van der Waals surface area contributed by atoms with Gasteiger partial charge in [0.25, 0.3) is 0 Å². The van der Waals surface area contributed by atoms with Crippen LogP contribution in [0.25, 0.3) is 0 Å². The first-order valence-corrected chi connectivity index (χ1v) is 5.30. The fourth-order valence-electron chi connectivity index (χ4n) is 1.41. The number of hydrogen-bond donors (Lipinski definition) is 1. The van der Waals surface area contributed by atoms with Crippen molar-refractivity contribution in [2.45, 2.75) is 13.5 Å². The Kier molecular flexibility index (Phi) is 3.49. The Hall–Kier alpha value is -2.17. The molecule has 0 saturated carbocycles. The van der Waals surface area contributed by atoms with Crippen molar-refractivity contribution in [2.75, 3.05) is 12.4 Å². The number of aromatic nitrogens is 3. The molecule has 0 spiro atoms. The van der Waals surface area contributed by atoms with Gasteiger partial charge >= 0.3 is 0 Å². The lowest BCUT2D eigenvalue weighted by Gasteiger charge is -2.06. The molecule has 0 aliphatic rings. The van der Waals surface area contributed by atoms with Gasteiger partial charge in [0, 0.05) is 18.8 Å². The van der Waals surface area contributed by atoms with Crippen LogP contribution in [-0.4, -0.2) is 22.3 Å². The molecule has 5 nitrogen and oxygen atoms in total. The number of aryl methyl sites for hydroxylation is 1. The van der Waals surface area contributed by atoms with Crippen LogP contribution >= 0.6 is 0 Å². The molecule has 0 saturated heterocycles. The molecule has 2 heterocycles. The van der Waals surface area contributed by atoms with Crippen molar-refractivity contribution in [3.63, 3.8) is 0 Å². The van der Waals surface area contributed by atoms with Crippen LogP contribution in [0, 0.1) is 6.92 Å². The maximum absolute atomic E-state index is 5.06. The first-order valence-electron chi connectivity index (χ1n) is 5.30. The van der Waals surface area contributed by atoms with Gasteiger partial charge in [-0.05, 0) is 30.2 Å². The predicted molar refractivity (Wildman–Crippen MR) is 64.9 cm³/mol. The monoisotopic (exact) mass is 230 g/mol. The number of pyridine rings is 1. The van der Waals surface area contributed by atoms with E-state index < -0.39 is 0 Å². The normalized spacial score (nSPS) is 10.0. The van der Waals surface area contributed by atoms with Gasteiger partial charge in [-0.3, -0.25) is 0 Å². The number of ether oxygens (including phenoxy) is 1. The van der Waals surface area contributed by atoms with Crippen LogP contribution in [0.15, 0.2) is 30.6 Å². The molecule has 0 atom stereocenters. The molecule has 0 bridgehead atoms. The van der Waals surface area contributed by atoms with E-state index in [1.807, 2.05) is 25.1 Å².